The molecular formula is C20H13F3IN5O. The zero-order valence-corrected chi connectivity index (χ0v) is 17.4. The van der Waals surface area contributed by atoms with Crippen molar-refractivity contribution in [3.8, 4) is 11.1 Å². The maximum absolute atomic E-state index is 13.3. The average Bonchev–Trinajstić information content (AvgIpc) is 3.32. The Bertz CT molecular complexity index is 1280. The van der Waals surface area contributed by atoms with Crippen LogP contribution in [0.2, 0.25) is 0 Å². The number of fused-ring (bicyclic) bond motifs is 2. The molecule has 30 heavy (non-hydrogen) atoms. The van der Waals surface area contributed by atoms with Crippen molar-refractivity contribution >= 4 is 39.8 Å². The van der Waals surface area contributed by atoms with E-state index in [1.54, 1.807) is 17.1 Å². The number of carbonyl (C=O) groups is 1. The van der Waals surface area contributed by atoms with Crippen molar-refractivity contribution in [3.63, 3.8) is 0 Å². The summed E-state index contributed by atoms with van der Waals surface area (Å²) in [5.74, 6) is -0.297. The van der Waals surface area contributed by atoms with Gasteiger partial charge < -0.3 is 4.90 Å². The van der Waals surface area contributed by atoms with Gasteiger partial charge in [-0.1, -0.05) is 0 Å². The van der Waals surface area contributed by atoms with E-state index >= 15 is 0 Å². The third kappa shape index (κ3) is 3.06. The fraction of sp³-hybridized carbons (Fsp3) is 0.150. The number of alkyl halides is 3. The minimum absolute atomic E-state index is 0.297. The Morgan fingerprint density at radius 3 is 2.50 bits per heavy atom. The lowest BCUT2D eigenvalue weighted by Crippen LogP contribution is -2.40. The molecule has 1 aromatic carbocycles. The molecule has 3 aromatic heterocycles. The number of halogens is 4. The fourth-order valence-corrected chi connectivity index (χ4v) is 4.13. The second-order valence-electron chi connectivity index (χ2n) is 6.86. The number of pyridine rings is 1. The monoisotopic (exact) mass is 523 g/mol. The Morgan fingerprint density at radius 2 is 1.77 bits per heavy atom. The summed E-state index contributed by atoms with van der Waals surface area (Å²) in [6.45, 7) is 0.781. The Hall–Kier alpha value is -2.89. The first-order chi connectivity index (χ1) is 14.3. The van der Waals surface area contributed by atoms with Gasteiger partial charge in [0.15, 0.2) is 0 Å². The molecule has 5 rings (SSSR count). The highest BCUT2D eigenvalue weighted by atomic mass is 127. The summed E-state index contributed by atoms with van der Waals surface area (Å²) >= 11 is 2.18. The van der Waals surface area contributed by atoms with Gasteiger partial charge in [0.1, 0.15) is 15.0 Å². The van der Waals surface area contributed by atoms with Gasteiger partial charge in [0.25, 0.3) is 5.91 Å². The quantitative estimate of drug-likeness (QED) is 0.365. The summed E-state index contributed by atoms with van der Waals surface area (Å²) in [7, 11) is 0. The van der Waals surface area contributed by atoms with Crippen LogP contribution in [0.3, 0.4) is 0 Å². The lowest BCUT2D eigenvalue weighted by molar-refractivity contribution is -0.137. The number of benzene rings is 1. The molecule has 0 unspecified atom stereocenters. The average molecular weight is 523 g/mol. The number of hydrogen-bond acceptors (Lipinski definition) is 3. The van der Waals surface area contributed by atoms with E-state index in [0.717, 1.165) is 27.0 Å². The van der Waals surface area contributed by atoms with Gasteiger partial charge in [-0.3, -0.25) is 13.9 Å². The minimum atomic E-state index is -4.42. The highest BCUT2D eigenvalue weighted by molar-refractivity contribution is 14.1. The molecule has 6 nitrogen and oxygen atoms in total. The molecule has 4 heterocycles. The topological polar surface area (TPSA) is 55.4 Å². The lowest BCUT2D eigenvalue weighted by atomic mass is 10.1. The number of rotatable bonds is 2. The molecule has 0 spiro atoms. The molecule has 152 valence electrons. The second kappa shape index (κ2) is 6.83. The van der Waals surface area contributed by atoms with E-state index < -0.39 is 11.7 Å². The Balaban J connectivity index is 1.53. The summed E-state index contributed by atoms with van der Waals surface area (Å²) in [5, 5.41) is 4.34. The molecule has 1 aliphatic rings. The highest BCUT2D eigenvalue weighted by Crippen LogP contribution is 2.33. The van der Waals surface area contributed by atoms with Crippen LogP contribution >= 0.6 is 22.6 Å². The minimum Gasteiger partial charge on any atom is -0.305 e. The molecule has 10 heteroatoms. The van der Waals surface area contributed by atoms with Crippen molar-refractivity contribution in [2.24, 2.45) is 0 Å². The molecule has 4 aromatic rings. The van der Waals surface area contributed by atoms with Gasteiger partial charge in [0, 0.05) is 29.6 Å². The van der Waals surface area contributed by atoms with Crippen LogP contribution in [0.5, 0.6) is 0 Å². The third-order valence-corrected chi connectivity index (χ3v) is 5.90. The Kier molecular flexibility index (Phi) is 4.34. The zero-order chi connectivity index (χ0) is 21.0. The summed E-state index contributed by atoms with van der Waals surface area (Å²) < 4.78 is 43.0. The third-order valence-electron chi connectivity index (χ3n) is 5.10. The smallest absolute Gasteiger partial charge is 0.305 e. The number of aromatic nitrogens is 4. The summed E-state index contributed by atoms with van der Waals surface area (Å²) in [5.41, 5.74) is 2.36. The molecule has 0 N–H and O–H groups in total. The highest BCUT2D eigenvalue weighted by Gasteiger charge is 2.32. The van der Waals surface area contributed by atoms with Crippen LogP contribution in [0, 0.1) is 3.70 Å². The van der Waals surface area contributed by atoms with Crippen molar-refractivity contribution in [2.45, 2.75) is 12.7 Å². The molecule has 0 saturated carbocycles. The van der Waals surface area contributed by atoms with Gasteiger partial charge in [0.05, 0.1) is 24.5 Å². The summed E-state index contributed by atoms with van der Waals surface area (Å²) in [6, 6.07) is 8.37. The van der Waals surface area contributed by atoms with Crippen LogP contribution < -0.4 is 4.90 Å². The van der Waals surface area contributed by atoms with E-state index in [0.29, 0.717) is 30.0 Å². The first-order valence-electron chi connectivity index (χ1n) is 9.01. The zero-order valence-electron chi connectivity index (χ0n) is 15.3. The maximum atomic E-state index is 13.3. The number of anilines is 1. The van der Waals surface area contributed by atoms with Crippen LogP contribution in [0.25, 0.3) is 16.8 Å². The van der Waals surface area contributed by atoms with E-state index in [9.17, 15) is 18.0 Å². The van der Waals surface area contributed by atoms with Crippen LogP contribution in [0.1, 0.15) is 16.1 Å². The van der Waals surface area contributed by atoms with Crippen LogP contribution in [-0.4, -0.2) is 31.6 Å². The molecular weight excluding hydrogens is 510 g/mol. The number of hydrogen-bond donors (Lipinski definition) is 0. The van der Waals surface area contributed by atoms with Crippen molar-refractivity contribution < 1.29 is 18.0 Å². The fourth-order valence-electron chi connectivity index (χ4n) is 3.60. The van der Waals surface area contributed by atoms with Gasteiger partial charge in [-0.05, 0) is 59.0 Å². The SMILES string of the molecule is O=C1c2c(-c3ccc4ncc(I)n4c3)cnn2CCN1c1ccc(C(F)(F)F)cc1. The number of amides is 1. The molecule has 0 aliphatic carbocycles. The second-order valence-corrected chi connectivity index (χ2v) is 7.96. The van der Waals surface area contributed by atoms with Crippen molar-refractivity contribution in [1.29, 1.82) is 0 Å². The van der Waals surface area contributed by atoms with E-state index in [-0.39, 0.29) is 5.91 Å². The van der Waals surface area contributed by atoms with Gasteiger partial charge in [-0.15, -0.1) is 0 Å². The van der Waals surface area contributed by atoms with Gasteiger partial charge >= 0.3 is 6.18 Å². The molecule has 0 saturated heterocycles. The van der Waals surface area contributed by atoms with Crippen molar-refractivity contribution in [3.05, 3.63) is 69.9 Å². The van der Waals surface area contributed by atoms with Gasteiger partial charge in [0.2, 0.25) is 0 Å². The van der Waals surface area contributed by atoms with Crippen LogP contribution in [-0.2, 0) is 12.7 Å². The number of nitrogens with zero attached hydrogens (tertiary/aromatic N) is 5. The maximum Gasteiger partial charge on any atom is 0.416 e. The Labute approximate surface area is 182 Å². The predicted octanol–water partition coefficient (Wildman–Crippen LogP) is 4.48. The van der Waals surface area contributed by atoms with E-state index in [2.05, 4.69) is 32.7 Å². The summed E-state index contributed by atoms with van der Waals surface area (Å²) in [6.07, 6.45) is 0.880. The largest absolute Gasteiger partial charge is 0.416 e. The van der Waals surface area contributed by atoms with Gasteiger partial charge in [-0.2, -0.15) is 18.3 Å². The van der Waals surface area contributed by atoms with Crippen LogP contribution in [0.4, 0.5) is 18.9 Å². The van der Waals surface area contributed by atoms with Crippen LogP contribution in [0.15, 0.2) is 55.0 Å². The normalized spacial score (nSPS) is 14.4. The lowest BCUT2D eigenvalue weighted by Gasteiger charge is -2.28. The molecule has 1 aliphatic heterocycles. The van der Waals surface area contributed by atoms with Crippen molar-refractivity contribution in [1.82, 2.24) is 19.2 Å². The predicted molar refractivity (Wildman–Crippen MR) is 112 cm³/mol. The molecule has 0 bridgehead atoms. The van der Waals surface area contributed by atoms with E-state index in [1.807, 2.05) is 22.7 Å². The molecule has 0 radical (unpaired) electrons. The van der Waals surface area contributed by atoms with E-state index in [4.69, 9.17) is 0 Å². The Morgan fingerprint density at radius 1 is 1.00 bits per heavy atom. The van der Waals surface area contributed by atoms with Gasteiger partial charge in [-0.25, -0.2) is 4.98 Å². The number of carbonyl (C=O) groups excluding carboxylic acids is 1. The first kappa shape index (κ1) is 19.1. The molecule has 0 fully saturated rings. The molecule has 0 atom stereocenters. The first-order valence-corrected chi connectivity index (χ1v) is 10.1. The number of imidazole rings is 1. The van der Waals surface area contributed by atoms with E-state index in [1.165, 1.54) is 17.0 Å². The van der Waals surface area contributed by atoms with Crippen molar-refractivity contribution in [2.75, 3.05) is 11.4 Å². The molecule has 1 amide bonds. The summed E-state index contributed by atoms with van der Waals surface area (Å²) in [4.78, 5) is 19.0. The standard InChI is InChI=1S/C20H13F3IN5O/c21-20(22,23)13-2-4-14(5-3-13)27-7-8-29-18(19(27)30)15(9-26-29)12-1-6-17-25-10-16(24)28(17)11-12/h1-6,9-11H,7-8H2.